The summed E-state index contributed by atoms with van der Waals surface area (Å²) in [7, 11) is 1.56. The SMILES string of the molecule is CCNC(=O)[C@H](C)NC(=O)CCNc1cc(Cl)ccc1OC. The fourth-order valence-corrected chi connectivity index (χ4v) is 2.01. The van der Waals surface area contributed by atoms with Gasteiger partial charge in [0.15, 0.2) is 0 Å². The Labute approximate surface area is 135 Å². The third-order valence-electron chi connectivity index (χ3n) is 2.95. The molecule has 0 unspecified atom stereocenters. The highest BCUT2D eigenvalue weighted by Gasteiger charge is 2.14. The van der Waals surface area contributed by atoms with Gasteiger partial charge in [-0.3, -0.25) is 9.59 Å². The lowest BCUT2D eigenvalue weighted by Crippen LogP contribution is -2.45. The maximum Gasteiger partial charge on any atom is 0.242 e. The monoisotopic (exact) mass is 327 g/mol. The average Bonchev–Trinajstić information content (AvgIpc) is 2.47. The van der Waals surface area contributed by atoms with E-state index in [2.05, 4.69) is 16.0 Å². The van der Waals surface area contributed by atoms with Crippen LogP contribution in [0.3, 0.4) is 0 Å². The van der Waals surface area contributed by atoms with Crippen molar-refractivity contribution in [2.45, 2.75) is 26.3 Å². The third kappa shape index (κ3) is 5.81. The molecule has 3 N–H and O–H groups in total. The smallest absolute Gasteiger partial charge is 0.242 e. The van der Waals surface area contributed by atoms with Gasteiger partial charge in [0.25, 0.3) is 0 Å². The number of likely N-dealkylation sites (N-methyl/N-ethyl adjacent to an activating group) is 1. The van der Waals surface area contributed by atoms with Crippen molar-refractivity contribution in [3.8, 4) is 5.75 Å². The van der Waals surface area contributed by atoms with Crippen molar-refractivity contribution in [3.05, 3.63) is 23.2 Å². The van der Waals surface area contributed by atoms with Gasteiger partial charge in [0.1, 0.15) is 11.8 Å². The summed E-state index contributed by atoms with van der Waals surface area (Å²) >= 11 is 5.93. The zero-order chi connectivity index (χ0) is 16.5. The predicted molar refractivity (Wildman–Crippen MR) is 87.4 cm³/mol. The van der Waals surface area contributed by atoms with Gasteiger partial charge in [-0.1, -0.05) is 11.6 Å². The summed E-state index contributed by atoms with van der Waals surface area (Å²) in [6.07, 6.45) is 0.236. The van der Waals surface area contributed by atoms with Crippen LogP contribution in [0, 0.1) is 0 Å². The normalized spacial score (nSPS) is 11.5. The first-order chi connectivity index (χ1) is 10.5. The summed E-state index contributed by atoms with van der Waals surface area (Å²) < 4.78 is 5.21. The van der Waals surface area contributed by atoms with Crippen molar-refractivity contribution in [3.63, 3.8) is 0 Å². The number of methoxy groups -OCH3 is 1. The Bertz CT molecular complexity index is 523. The van der Waals surface area contributed by atoms with E-state index in [0.717, 1.165) is 5.69 Å². The van der Waals surface area contributed by atoms with E-state index < -0.39 is 6.04 Å². The lowest BCUT2D eigenvalue weighted by Gasteiger charge is -2.14. The van der Waals surface area contributed by atoms with Crippen molar-refractivity contribution in [1.82, 2.24) is 10.6 Å². The number of nitrogens with one attached hydrogen (secondary N) is 3. The van der Waals surface area contributed by atoms with Gasteiger partial charge in [0.05, 0.1) is 12.8 Å². The van der Waals surface area contributed by atoms with Gasteiger partial charge in [0.2, 0.25) is 11.8 Å². The molecule has 0 aliphatic carbocycles. The largest absolute Gasteiger partial charge is 0.495 e. The van der Waals surface area contributed by atoms with Gasteiger partial charge in [-0.2, -0.15) is 0 Å². The van der Waals surface area contributed by atoms with Crippen LogP contribution in [0.15, 0.2) is 18.2 Å². The van der Waals surface area contributed by atoms with Crippen LogP contribution in [-0.4, -0.2) is 38.1 Å². The molecule has 7 heteroatoms. The van der Waals surface area contributed by atoms with Gasteiger partial charge in [0, 0.05) is 24.5 Å². The molecular weight excluding hydrogens is 306 g/mol. The molecule has 1 atom stereocenters. The third-order valence-corrected chi connectivity index (χ3v) is 3.19. The number of carbonyl (C=O) groups excluding carboxylic acids is 2. The van der Waals surface area contributed by atoms with Gasteiger partial charge in [-0.05, 0) is 32.0 Å². The zero-order valence-electron chi connectivity index (χ0n) is 13.0. The first kappa shape index (κ1) is 18.1. The number of hydrogen-bond acceptors (Lipinski definition) is 4. The van der Waals surface area contributed by atoms with Gasteiger partial charge in [-0.25, -0.2) is 0 Å². The summed E-state index contributed by atoms with van der Waals surface area (Å²) in [5, 5.41) is 8.97. The Morgan fingerprint density at radius 1 is 1.36 bits per heavy atom. The first-order valence-corrected chi connectivity index (χ1v) is 7.50. The van der Waals surface area contributed by atoms with E-state index in [4.69, 9.17) is 16.3 Å². The molecule has 1 rings (SSSR count). The Morgan fingerprint density at radius 3 is 2.73 bits per heavy atom. The minimum atomic E-state index is -0.548. The molecule has 0 bridgehead atoms. The number of ether oxygens (including phenoxy) is 1. The second kappa shape index (κ2) is 9.15. The Hall–Kier alpha value is -1.95. The molecule has 0 saturated heterocycles. The molecule has 2 amide bonds. The van der Waals surface area contributed by atoms with E-state index in [-0.39, 0.29) is 18.2 Å². The fraction of sp³-hybridized carbons (Fsp3) is 0.467. The number of rotatable bonds is 8. The number of amides is 2. The molecule has 6 nitrogen and oxygen atoms in total. The number of halogens is 1. The van der Waals surface area contributed by atoms with Gasteiger partial charge < -0.3 is 20.7 Å². The van der Waals surface area contributed by atoms with Crippen molar-refractivity contribution < 1.29 is 14.3 Å². The summed E-state index contributed by atoms with van der Waals surface area (Å²) in [6, 6.07) is 4.66. The molecule has 0 fully saturated rings. The minimum Gasteiger partial charge on any atom is -0.495 e. The average molecular weight is 328 g/mol. The fourth-order valence-electron chi connectivity index (χ4n) is 1.84. The van der Waals surface area contributed by atoms with E-state index >= 15 is 0 Å². The molecule has 1 aromatic rings. The highest BCUT2D eigenvalue weighted by atomic mass is 35.5. The molecule has 0 aliphatic heterocycles. The first-order valence-electron chi connectivity index (χ1n) is 7.12. The van der Waals surface area contributed by atoms with Crippen LogP contribution >= 0.6 is 11.6 Å². The van der Waals surface area contributed by atoms with E-state index in [9.17, 15) is 9.59 Å². The number of carbonyl (C=O) groups is 2. The topological polar surface area (TPSA) is 79.5 Å². The van der Waals surface area contributed by atoms with Crippen molar-refractivity contribution in [1.29, 1.82) is 0 Å². The molecule has 0 radical (unpaired) electrons. The summed E-state index contributed by atoms with van der Waals surface area (Å²) in [5.74, 6) is 0.257. The number of benzene rings is 1. The van der Waals surface area contributed by atoms with Crippen molar-refractivity contribution in [2.24, 2.45) is 0 Å². The molecular formula is C15H22ClN3O3. The molecule has 1 aromatic carbocycles. The Kier molecular flexibility index (Phi) is 7.52. The standard InChI is InChI=1S/C15H22ClN3O3/c1-4-17-15(21)10(2)19-14(20)7-8-18-12-9-11(16)5-6-13(12)22-3/h5-6,9-10,18H,4,7-8H2,1-3H3,(H,17,21)(H,19,20)/t10-/m0/s1. The van der Waals surface area contributed by atoms with Gasteiger partial charge >= 0.3 is 0 Å². The maximum atomic E-state index is 11.8. The molecule has 0 aliphatic rings. The van der Waals surface area contributed by atoms with Crippen LogP contribution < -0.4 is 20.7 Å². The van der Waals surface area contributed by atoms with Gasteiger partial charge in [-0.15, -0.1) is 0 Å². The molecule has 0 saturated carbocycles. The van der Waals surface area contributed by atoms with Crippen molar-refractivity contribution in [2.75, 3.05) is 25.5 Å². The van der Waals surface area contributed by atoms with E-state index in [1.54, 1.807) is 32.2 Å². The van der Waals surface area contributed by atoms with E-state index in [1.807, 2.05) is 6.92 Å². The van der Waals surface area contributed by atoms with Crippen LogP contribution in [0.25, 0.3) is 0 Å². The Balaban J connectivity index is 2.42. The van der Waals surface area contributed by atoms with Crippen LogP contribution in [0.2, 0.25) is 5.02 Å². The molecule has 0 aromatic heterocycles. The highest BCUT2D eigenvalue weighted by molar-refractivity contribution is 6.30. The summed E-state index contributed by atoms with van der Waals surface area (Å²) in [5.41, 5.74) is 0.722. The Morgan fingerprint density at radius 2 is 2.09 bits per heavy atom. The predicted octanol–water partition coefficient (Wildman–Crippen LogP) is 1.79. The quantitative estimate of drug-likeness (QED) is 0.680. The second-order valence-electron chi connectivity index (χ2n) is 4.71. The molecule has 0 spiro atoms. The van der Waals surface area contributed by atoms with Crippen molar-refractivity contribution >= 4 is 29.1 Å². The van der Waals surface area contributed by atoms with E-state index in [1.165, 1.54) is 0 Å². The number of anilines is 1. The highest BCUT2D eigenvalue weighted by Crippen LogP contribution is 2.27. The summed E-state index contributed by atoms with van der Waals surface area (Å²) in [6.45, 7) is 4.42. The van der Waals surface area contributed by atoms with E-state index in [0.29, 0.717) is 23.9 Å². The molecule has 0 heterocycles. The lowest BCUT2D eigenvalue weighted by atomic mass is 10.2. The van der Waals surface area contributed by atoms with Crippen LogP contribution in [0.5, 0.6) is 5.75 Å². The number of hydrogen-bond donors (Lipinski definition) is 3. The van der Waals surface area contributed by atoms with Crippen LogP contribution in [0.1, 0.15) is 20.3 Å². The summed E-state index contributed by atoms with van der Waals surface area (Å²) in [4.78, 5) is 23.3. The lowest BCUT2D eigenvalue weighted by molar-refractivity contribution is -0.128. The maximum absolute atomic E-state index is 11.8. The molecule has 122 valence electrons. The van der Waals surface area contributed by atoms with Crippen LogP contribution in [-0.2, 0) is 9.59 Å². The second-order valence-corrected chi connectivity index (χ2v) is 5.14. The molecule has 22 heavy (non-hydrogen) atoms. The van der Waals surface area contributed by atoms with Crippen LogP contribution in [0.4, 0.5) is 5.69 Å². The minimum absolute atomic E-state index is 0.194. The zero-order valence-corrected chi connectivity index (χ0v) is 13.8.